The fourth-order valence-electron chi connectivity index (χ4n) is 3.54. The van der Waals surface area contributed by atoms with Crippen molar-refractivity contribution in [3.05, 3.63) is 75.5 Å². The van der Waals surface area contributed by atoms with Crippen LogP contribution in [0.1, 0.15) is 18.1 Å². The van der Waals surface area contributed by atoms with Crippen molar-refractivity contribution >= 4 is 29.6 Å². The SMILES string of the molecule is COC(=O)C1=C(C)N(CCc2ccc(OC)c(OC)c2)C(=O)C1=Cc1cccc(Cl)c1. The summed E-state index contributed by atoms with van der Waals surface area (Å²) < 4.78 is 15.6. The molecule has 0 saturated carbocycles. The maximum absolute atomic E-state index is 13.2. The number of carbonyl (C=O) groups excluding carboxylic acids is 2. The highest BCUT2D eigenvalue weighted by Crippen LogP contribution is 2.33. The number of amides is 1. The lowest BCUT2D eigenvalue weighted by atomic mass is 10.0. The average molecular weight is 442 g/mol. The van der Waals surface area contributed by atoms with Crippen molar-refractivity contribution < 1.29 is 23.8 Å². The molecule has 0 radical (unpaired) electrons. The first-order chi connectivity index (χ1) is 14.9. The lowest BCUT2D eigenvalue weighted by Gasteiger charge is -2.18. The summed E-state index contributed by atoms with van der Waals surface area (Å²) in [6.45, 7) is 2.14. The molecule has 1 amide bonds. The highest BCUT2D eigenvalue weighted by molar-refractivity contribution is 6.30. The Labute approximate surface area is 186 Å². The third kappa shape index (κ3) is 4.75. The molecule has 2 aromatic rings. The molecule has 1 aliphatic heterocycles. The van der Waals surface area contributed by atoms with Crippen molar-refractivity contribution in [3.63, 3.8) is 0 Å². The Hall–Kier alpha value is -3.25. The number of nitrogens with zero attached hydrogens (tertiary/aromatic N) is 1. The van der Waals surface area contributed by atoms with Crippen LogP contribution in [0.3, 0.4) is 0 Å². The highest BCUT2D eigenvalue weighted by atomic mass is 35.5. The third-order valence-corrected chi connectivity index (χ3v) is 5.37. The predicted molar refractivity (Wildman–Crippen MR) is 119 cm³/mol. The van der Waals surface area contributed by atoms with Gasteiger partial charge >= 0.3 is 5.97 Å². The Bertz CT molecular complexity index is 1070. The molecule has 1 aliphatic rings. The first kappa shape index (κ1) is 22.4. The highest BCUT2D eigenvalue weighted by Gasteiger charge is 2.36. The molecule has 6 nitrogen and oxygen atoms in total. The number of allylic oxidation sites excluding steroid dienone is 1. The van der Waals surface area contributed by atoms with Crippen molar-refractivity contribution in [2.75, 3.05) is 27.9 Å². The minimum absolute atomic E-state index is 0.252. The van der Waals surface area contributed by atoms with Crippen LogP contribution in [-0.4, -0.2) is 44.7 Å². The number of hydrogen-bond acceptors (Lipinski definition) is 5. The molecule has 0 N–H and O–H groups in total. The fraction of sp³-hybridized carbons (Fsp3) is 0.250. The quantitative estimate of drug-likeness (QED) is 0.474. The number of benzene rings is 2. The normalized spacial score (nSPS) is 14.9. The third-order valence-electron chi connectivity index (χ3n) is 5.13. The van der Waals surface area contributed by atoms with Gasteiger partial charge in [0, 0.05) is 17.3 Å². The van der Waals surface area contributed by atoms with Crippen LogP contribution in [0.25, 0.3) is 6.08 Å². The van der Waals surface area contributed by atoms with E-state index in [2.05, 4.69) is 0 Å². The minimum atomic E-state index is -0.548. The molecule has 0 atom stereocenters. The van der Waals surface area contributed by atoms with Crippen LogP contribution in [0, 0.1) is 0 Å². The molecule has 3 rings (SSSR count). The number of methoxy groups -OCH3 is 3. The average Bonchev–Trinajstić information content (AvgIpc) is 3.00. The van der Waals surface area contributed by atoms with E-state index >= 15 is 0 Å². The number of ether oxygens (including phenoxy) is 3. The summed E-state index contributed by atoms with van der Waals surface area (Å²) in [7, 11) is 4.46. The Morgan fingerprint density at radius 2 is 1.81 bits per heavy atom. The van der Waals surface area contributed by atoms with E-state index < -0.39 is 5.97 Å². The maximum atomic E-state index is 13.2. The first-order valence-electron chi connectivity index (χ1n) is 9.69. The number of rotatable bonds is 7. The zero-order chi connectivity index (χ0) is 22.5. The van der Waals surface area contributed by atoms with E-state index in [9.17, 15) is 9.59 Å². The standard InChI is InChI=1S/C24H24ClNO5/c1-15-22(24(28)31-4)19(13-17-6-5-7-18(25)12-17)23(27)26(15)11-10-16-8-9-20(29-2)21(14-16)30-3/h5-9,12-14H,10-11H2,1-4H3. The van der Waals surface area contributed by atoms with Crippen LogP contribution < -0.4 is 9.47 Å². The lowest BCUT2D eigenvalue weighted by molar-refractivity contribution is -0.136. The molecule has 2 aromatic carbocycles. The van der Waals surface area contributed by atoms with E-state index in [1.165, 1.54) is 7.11 Å². The zero-order valence-corrected chi connectivity index (χ0v) is 18.7. The van der Waals surface area contributed by atoms with E-state index in [0.717, 1.165) is 11.1 Å². The van der Waals surface area contributed by atoms with Crippen molar-refractivity contribution in [1.29, 1.82) is 0 Å². The lowest BCUT2D eigenvalue weighted by Crippen LogP contribution is -2.27. The second kappa shape index (κ2) is 9.71. The minimum Gasteiger partial charge on any atom is -0.493 e. The molecule has 0 fully saturated rings. The predicted octanol–water partition coefficient (Wildman–Crippen LogP) is 4.27. The van der Waals surface area contributed by atoms with Gasteiger partial charge in [0.2, 0.25) is 0 Å². The first-order valence-corrected chi connectivity index (χ1v) is 10.1. The van der Waals surface area contributed by atoms with Gasteiger partial charge in [0.1, 0.15) is 0 Å². The van der Waals surface area contributed by atoms with Crippen LogP contribution >= 0.6 is 11.6 Å². The van der Waals surface area contributed by atoms with Gasteiger partial charge in [-0.1, -0.05) is 29.8 Å². The van der Waals surface area contributed by atoms with Crippen molar-refractivity contribution in [2.24, 2.45) is 0 Å². The largest absolute Gasteiger partial charge is 0.493 e. The molecule has 0 spiro atoms. The van der Waals surface area contributed by atoms with Gasteiger partial charge < -0.3 is 19.1 Å². The van der Waals surface area contributed by atoms with E-state index in [1.54, 1.807) is 50.3 Å². The summed E-state index contributed by atoms with van der Waals surface area (Å²) in [5, 5.41) is 0.547. The van der Waals surface area contributed by atoms with Gasteiger partial charge in [-0.15, -0.1) is 0 Å². The molecular formula is C24H24ClNO5. The Morgan fingerprint density at radius 1 is 1.06 bits per heavy atom. The summed E-state index contributed by atoms with van der Waals surface area (Å²) in [5.41, 5.74) is 2.82. The van der Waals surface area contributed by atoms with E-state index in [4.69, 9.17) is 25.8 Å². The molecule has 0 aliphatic carbocycles. The number of halogens is 1. The molecule has 0 unspecified atom stereocenters. The van der Waals surface area contributed by atoms with Crippen molar-refractivity contribution in [3.8, 4) is 11.5 Å². The number of carbonyl (C=O) groups is 2. The van der Waals surface area contributed by atoms with Crippen LogP contribution in [0.2, 0.25) is 5.02 Å². The summed E-state index contributed by atoms with van der Waals surface area (Å²) in [4.78, 5) is 27.3. The summed E-state index contributed by atoms with van der Waals surface area (Å²) in [6, 6.07) is 12.7. The van der Waals surface area contributed by atoms with Crippen molar-refractivity contribution in [1.82, 2.24) is 4.90 Å². The van der Waals surface area contributed by atoms with Crippen LogP contribution in [0.5, 0.6) is 11.5 Å². The van der Waals surface area contributed by atoms with Crippen LogP contribution in [-0.2, 0) is 20.7 Å². The molecule has 31 heavy (non-hydrogen) atoms. The molecule has 7 heteroatoms. The summed E-state index contributed by atoms with van der Waals surface area (Å²) >= 11 is 6.07. The monoisotopic (exact) mass is 441 g/mol. The van der Waals surface area contributed by atoms with Gasteiger partial charge in [-0.2, -0.15) is 0 Å². The van der Waals surface area contributed by atoms with Crippen LogP contribution in [0.4, 0.5) is 0 Å². The summed E-state index contributed by atoms with van der Waals surface area (Å²) in [5.74, 6) is 0.460. The topological polar surface area (TPSA) is 65.1 Å². The van der Waals surface area contributed by atoms with Gasteiger partial charge in [0.25, 0.3) is 5.91 Å². The van der Waals surface area contributed by atoms with Crippen molar-refractivity contribution in [2.45, 2.75) is 13.3 Å². The van der Waals surface area contributed by atoms with Gasteiger partial charge in [-0.25, -0.2) is 4.79 Å². The fourth-order valence-corrected chi connectivity index (χ4v) is 3.74. The van der Waals surface area contributed by atoms with E-state index in [-0.39, 0.29) is 11.5 Å². The smallest absolute Gasteiger partial charge is 0.340 e. The number of hydrogen-bond donors (Lipinski definition) is 0. The molecule has 0 saturated heterocycles. The molecule has 0 aromatic heterocycles. The summed E-state index contributed by atoms with van der Waals surface area (Å²) in [6.07, 6.45) is 2.24. The van der Waals surface area contributed by atoms with Crippen LogP contribution in [0.15, 0.2) is 59.3 Å². The van der Waals surface area contributed by atoms with Gasteiger partial charge in [0.05, 0.1) is 32.5 Å². The van der Waals surface area contributed by atoms with Gasteiger partial charge in [-0.3, -0.25) is 4.79 Å². The second-order valence-electron chi connectivity index (χ2n) is 6.96. The van der Waals surface area contributed by atoms with E-state index in [0.29, 0.717) is 40.8 Å². The number of esters is 1. The van der Waals surface area contributed by atoms with Gasteiger partial charge in [0.15, 0.2) is 11.5 Å². The molecular weight excluding hydrogens is 418 g/mol. The maximum Gasteiger partial charge on any atom is 0.340 e. The van der Waals surface area contributed by atoms with E-state index in [1.807, 2.05) is 24.3 Å². The Balaban J connectivity index is 1.90. The Morgan fingerprint density at radius 3 is 2.45 bits per heavy atom. The Kier molecular flexibility index (Phi) is 7.02. The molecule has 162 valence electrons. The molecule has 0 bridgehead atoms. The van der Waals surface area contributed by atoms with Gasteiger partial charge in [-0.05, 0) is 54.8 Å². The molecule has 1 heterocycles. The second-order valence-corrected chi connectivity index (χ2v) is 7.40. The zero-order valence-electron chi connectivity index (χ0n) is 17.9.